The topological polar surface area (TPSA) is 75.7 Å². The molecule has 0 heterocycles. The van der Waals surface area contributed by atoms with Crippen LogP contribution in [0.3, 0.4) is 0 Å². The van der Waals surface area contributed by atoms with Gasteiger partial charge in [-0.2, -0.15) is 0 Å². The molecular formula is C22H26N2O4. The van der Waals surface area contributed by atoms with E-state index < -0.39 is 0 Å². The van der Waals surface area contributed by atoms with Crippen molar-refractivity contribution in [1.29, 1.82) is 0 Å². The standard InChI is InChI=1S/C22H26N2O4/c1-15-8-9-17(12-16(15)2)20(25)10-11-22(27)24(3)14-21(26)23-18-6-5-7-19(13-18)28-4/h5-9,12-13H,10-11,14H2,1-4H3,(H,23,26). The van der Waals surface area contributed by atoms with Crippen LogP contribution in [0.25, 0.3) is 0 Å². The quantitative estimate of drug-likeness (QED) is 0.710. The average Bonchev–Trinajstić information content (AvgIpc) is 2.67. The van der Waals surface area contributed by atoms with Crippen LogP contribution >= 0.6 is 0 Å². The lowest BCUT2D eigenvalue weighted by molar-refractivity contribution is -0.133. The molecule has 0 spiro atoms. The Morgan fingerprint density at radius 3 is 2.43 bits per heavy atom. The molecule has 0 unspecified atom stereocenters. The van der Waals surface area contributed by atoms with Crippen molar-refractivity contribution in [2.24, 2.45) is 0 Å². The Labute approximate surface area is 165 Å². The average molecular weight is 382 g/mol. The second kappa shape index (κ2) is 9.69. The summed E-state index contributed by atoms with van der Waals surface area (Å²) < 4.78 is 5.11. The number of aryl methyl sites for hydroxylation is 2. The molecule has 2 rings (SSSR count). The number of likely N-dealkylation sites (N-methyl/N-ethyl adjacent to an activating group) is 1. The molecule has 0 aliphatic carbocycles. The van der Waals surface area contributed by atoms with Gasteiger partial charge in [0, 0.05) is 37.2 Å². The lowest BCUT2D eigenvalue weighted by Crippen LogP contribution is -2.35. The normalized spacial score (nSPS) is 10.3. The number of Topliss-reactive ketones (excluding diaryl/α,β-unsaturated/α-hetero) is 1. The number of benzene rings is 2. The molecular weight excluding hydrogens is 356 g/mol. The molecule has 2 amide bonds. The van der Waals surface area contributed by atoms with Gasteiger partial charge in [0.25, 0.3) is 0 Å². The third kappa shape index (κ3) is 5.94. The van der Waals surface area contributed by atoms with E-state index in [1.165, 1.54) is 4.90 Å². The number of ketones is 1. The minimum absolute atomic E-state index is 0.0642. The van der Waals surface area contributed by atoms with Gasteiger partial charge in [-0.3, -0.25) is 14.4 Å². The van der Waals surface area contributed by atoms with Gasteiger partial charge in [-0.25, -0.2) is 0 Å². The molecule has 0 saturated carbocycles. The zero-order valence-corrected chi connectivity index (χ0v) is 16.7. The molecule has 1 N–H and O–H groups in total. The highest BCUT2D eigenvalue weighted by atomic mass is 16.5. The second-order valence-electron chi connectivity index (χ2n) is 6.75. The number of rotatable bonds is 8. The van der Waals surface area contributed by atoms with Crippen molar-refractivity contribution in [1.82, 2.24) is 4.90 Å². The lowest BCUT2D eigenvalue weighted by atomic mass is 10.0. The van der Waals surface area contributed by atoms with Crippen molar-refractivity contribution in [2.45, 2.75) is 26.7 Å². The lowest BCUT2D eigenvalue weighted by Gasteiger charge is -2.17. The molecule has 0 atom stereocenters. The first-order valence-electron chi connectivity index (χ1n) is 9.08. The van der Waals surface area contributed by atoms with E-state index in [9.17, 15) is 14.4 Å². The Morgan fingerprint density at radius 2 is 1.75 bits per heavy atom. The van der Waals surface area contributed by atoms with Crippen molar-refractivity contribution in [3.63, 3.8) is 0 Å². The van der Waals surface area contributed by atoms with Gasteiger partial charge in [0.2, 0.25) is 11.8 Å². The van der Waals surface area contributed by atoms with E-state index in [4.69, 9.17) is 4.74 Å². The van der Waals surface area contributed by atoms with Crippen LogP contribution in [-0.2, 0) is 9.59 Å². The Kier molecular flexibility index (Phi) is 7.32. The van der Waals surface area contributed by atoms with E-state index in [2.05, 4.69) is 5.32 Å². The predicted octanol–water partition coefficient (Wildman–Crippen LogP) is 3.37. The number of nitrogens with one attached hydrogen (secondary N) is 1. The SMILES string of the molecule is COc1cccc(NC(=O)CN(C)C(=O)CCC(=O)c2ccc(C)c(C)c2)c1. The fraction of sp³-hybridized carbons (Fsp3) is 0.318. The molecule has 0 saturated heterocycles. The van der Waals surface area contributed by atoms with Crippen molar-refractivity contribution in [3.8, 4) is 5.75 Å². The minimum Gasteiger partial charge on any atom is -0.497 e. The van der Waals surface area contributed by atoms with Crippen LogP contribution in [-0.4, -0.2) is 43.2 Å². The third-order valence-electron chi connectivity index (χ3n) is 4.55. The Morgan fingerprint density at radius 1 is 1.00 bits per heavy atom. The summed E-state index contributed by atoms with van der Waals surface area (Å²) in [5.41, 5.74) is 3.36. The van der Waals surface area contributed by atoms with Crippen molar-refractivity contribution in [3.05, 3.63) is 59.2 Å². The molecule has 0 fully saturated rings. The van der Waals surface area contributed by atoms with Gasteiger partial charge in [-0.15, -0.1) is 0 Å². The number of ether oxygens (including phenoxy) is 1. The Hall–Kier alpha value is -3.15. The summed E-state index contributed by atoms with van der Waals surface area (Å²) in [5.74, 6) is -0.0136. The summed E-state index contributed by atoms with van der Waals surface area (Å²) in [6.07, 6.45) is 0.178. The maximum atomic E-state index is 12.3. The first-order valence-corrected chi connectivity index (χ1v) is 9.08. The van der Waals surface area contributed by atoms with Crippen LogP contribution < -0.4 is 10.1 Å². The van der Waals surface area contributed by atoms with Gasteiger partial charge in [-0.05, 0) is 43.2 Å². The summed E-state index contributed by atoms with van der Waals surface area (Å²) in [6, 6.07) is 12.5. The number of methoxy groups -OCH3 is 1. The van der Waals surface area contributed by atoms with Gasteiger partial charge in [0.1, 0.15) is 5.75 Å². The van der Waals surface area contributed by atoms with E-state index in [1.54, 1.807) is 44.5 Å². The molecule has 0 bridgehead atoms. The highest BCUT2D eigenvalue weighted by molar-refractivity contribution is 5.99. The minimum atomic E-state index is -0.315. The first kappa shape index (κ1) is 21.2. The first-order chi connectivity index (χ1) is 13.3. The van der Waals surface area contributed by atoms with Crippen LogP contribution in [0.4, 0.5) is 5.69 Å². The molecule has 0 aliphatic rings. The van der Waals surface area contributed by atoms with Crippen LogP contribution in [0, 0.1) is 13.8 Å². The Bertz CT molecular complexity index is 877. The van der Waals surface area contributed by atoms with Gasteiger partial charge in [0.15, 0.2) is 5.78 Å². The van der Waals surface area contributed by atoms with E-state index in [0.717, 1.165) is 11.1 Å². The molecule has 2 aromatic rings. The largest absolute Gasteiger partial charge is 0.497 e. The Balaban J connectivity index is 1.83. The number of nitrogens with zero attached hydrogens (tertiary/aromatic N) is 1. The van der Waals surface area contributed by atoms with E-state index in [0.29, 0.717) is 17.0 Å². The van der Waals surface area contributed by atoms with Crippen molar-refractivity contribution in [2.75, 3.05) is 26.0 Å². The highest BCUT2D eigenvalue weighted by Gasteiger charge is 2.16. The zero-order valence-electron chi connectivity index (χ0n) is 16.7. The summed E-state index contributed by atoms with van der Waals surface area (Å²) in [6.45, 7) is 3.85. The number of hydrogen-bond donors (Lipinski definition) is 1. The van der Waals surface area contributed by atoms with Crippen molar-refractivity contribution < 1.29 is 19.1 Å². The molecule has 6 heteroatoms. The monoisotopic (exact) mass is 382 g/mol. The highest BCUT2D eigenvalue weighted by Crippen LogP contribution is 2.17. The number of carbonyl (C=O) groups is 3. The summed E-state index contributed by atoms with van der Waals surface area (Å²) in [7, 11) is 3.10. The molecule has 6 nitrogen and oxygen atoms in total. The number of amides is 2. The summed E-state index contributed by atoms with van der Waals surface area (Å²) in [4.78, 5) is 38.0. The summed E-state index contributed by atoms with van der Waals surface area (Å²) in [5, 5.41) is 2.72. The van der Waals surface area contributed by atoms with Crippen molar-refractivity contribution >= 4 is 23.3 Å². The fourth-order valence-electron chi connectivity index (χ4n) is 2.68. The van der Waals surface area contributed by atoms with Gasteiger partial charge in [-0.1, -0.05) is 18.2 Å². The molecule has 0 aromatic heterocycles. The van der Waals surface area contributed by atoms with Crippen LogP contribution in [0.5, 0.6) is 5.75 Å². The van der Waals surface area contributed by atoms with Crippen LogP contribution in [0.1, 0.15) is 34.3 Å². The molecule has 28 heavy (non-hydrogen) atoms. The molecule has 2 aromatic carbocycles. The van der Waals surface area contributed by atoms with E-state index in [1.807, 2.05) is 26.0 Å². The smallest absolute Gasteiger partial charge is 0.243 e. The van der Waals surface area contributed by atoms with E-state index in [-0.39, 0.29) is 37.0 Å². The number of anilines is 1. The maximum absolute atomic E-state index is 12.3. The van der Waals surface area contributed by atoms with Gasteiger partial charge >= 0.3 is 0 Å². The van der Waals surface area contributed by atoms with E-state index >= 15 is 0 Å². The van der Waals surface area contributed by atoms with Crippen LogP contribution in [0.2, 0.25) is 0 Å². The molecule has 148 valence electrons. The van der Waals surface area contributed by atoms with Crippen LogP contribution in [0.15, 0.2) is 42.5 Å². The predicted molar refractivity (Wildman–Crippen MR) is 109 cm³/mol. The molecule has 0 radical (unpaired) electrons. The van der Waals surface area contributed by atoms with Gasteiger partial charge in [0.05, 0.1) is 13.7 Å². The third-order valence-corrected chi connectivity index (χ3v) is 4.55. The number of hydrogen-bond acceptors (Lipinski definition) is 4. The second-order valence-corrected chi connectivity index (χ2v) is 6.75. The summed E-state index contributed by atoms with van der Waals surface area (Å²) >= 11 is 0. The zero-order chi connectivity index (χ0) is 20.7. The molecule has 0 aliphatic heterocycles. The van der Waals surface area contributed by atoms with Gasteiger partial charge < -0.3 is 15.0 Å². The maximum Gasteiger partial charge on any atom is 0.243 e. The number of carbonyl (C=O) groups excluding carboxylic acids is 3. The fourth-order valence-corrected chi connectivity index (χ4v) is 2.68.